The zero-order chi connectivity index (χ0) is 16.8. The molecule has 0 spiro atoms. The van der Waals surface area contributed by atoms with Crippen LogP contribution in [0.3, 0.4) is 0 Å². The van der Waals surface area contributed by atoms with Crippen molar-refractivity contribution in [3.05, 3.63) is 59.7 Å². The highest BCUT2D eigenvalue weighted by molar-refractivity contribution is 6.18. The summed E-state index contributed by atoms with van der Waals surface area (Å²) in [5.41, 5.74) is 0.498. The lowest BCUT2D eigenvalue weighted by Gasteiger charge is -2.25. The van der Waals surface area contributed by atoms with Crippen LogP contribution in [0.25, 0.3) is 10.8 Å². The molecule has 1 aliphatic heterocycles. The van der Waals surface area contributed by atoms with Gasteiger partial charge in [0, 0.05) is 5.39 Å². The van der Waals surface area contributed by atoms with Crippen LogP contribution >= 0.6 is 0 Å². The van der Waals surface area contributed by atoms with Gasteiger partial charge in [-0.3, -0.25) is 0 Å². The van der Waals surface area contributed by atoms with Crippen LogP contribution in [0.2, 0.25) is 0 Å². The summed E-state index contributed by atoms with van der Waals surface area (Å²) in [7, 11) is 0. The van der Waals surface area contributed by atoms with Crippen molar-refractivity contribution < 1.29 is 24.5 Å². The minimum absolute atomic E-state index is 0.0114. The highest BCUT2D eigenvalue weighted by atomic mass is 16.5. The fourth-order valence-electron chi connectivity index (χ4n) is 2.97. The fraction of sp³-hybridized carbons (Fsp3) is 0. The highest BCUT2D eigenvalue weighted by Crippen LogP contribution is 2.48. The Balaban J connectivity index is 2.14. The lowest BCUT2D eigenvalue weighted by Crippen LogP contribution is -2.14. The molecule has 0 amide bonds. The fourth-order valence-corrected chi connectivity index (χ4v) is 2.97. The smallest absolute Gasteiger partial charge is 0.340 e. The van der Waals surface area contributed by atoms with Crippen LogP contribution in [0.4, 0.5) is 11.4 Å². The number of carboxylic acids is 2. The van der Waals surface area contributed by atoms with Crippen molar-refractivity contribution in [3.8, 4) is 11.5 Å². The molecule has 3 N–H and O–H groups in total. The third-order valence-electron chi connectivity index (χ3n) is 3.96. The number of nitrogens with one attached hydrogen (secondary N) is 1. The number of aromatic carboxylic acids is 2. The molecule has 0 atom stereocenters. The van der Waals surface area contributed by atoms with E-state index in [0.717, 1.165) is 0 Å². The molecule has 1 heterocycles. The number of hydrogen-bond donors (Lipinski definition) is 3. The van der Waals surface area contributed by atoms with E-state index in [1.807, 2.05) is 6.07 Å². The number of benzene rings is 3. The van der Waals surface area contributed by atoms with Gasteiger partial charge in [0.25, 0.3) is 0 Å². The maximum Gasteiger partial charge on any atom is 0.340 e. The maximum absolute atomic E-state index is 11.8. The van der Waals surface area contributed by atoms with E-state index < -0.39 is 11.9 Å². The predicted octanol–water partition coefficient (Wildman–Crippen LogP) is 4.09. The van der Waals surface area contributed by atoms with E-state index in [4.69, 9.17) is 4.74 Å². The number of rotatable bonds is 2. The SMILES string of the molecule is O=C(O)c1c2c(c3ccccc3c1C(=O)O)Nc1ccccc1O2. The first-order valence-electron chi connectivity index (χ1n) is 7.17. The first-order valence-corrected chi connectivity index (χ1v) is 7.17. The molecule has 0 radical (unpaired) electrons. The summed E-state index contributed by atoms with van der Waals surface area (Å²) < 4.78 is 5.76. The molecule has 0 unspecified atom stereocenters. The monoisotopic (exact) mass is 321 g/mol. The number of para-hydroxylation sites is 2. The normalized spacial score (nSPS) is 11.8. The van der Waals surface area contributed by atoms with Gasteiger partial charge in [-0.05, 0) is 17.5 Å². The third kappa shape index (κ3) is 1.90. The molecule has 0 fully saturated rings. The molecular weight excluding hydrogens is 310 g/mol. The Kier molecular flexibility index (Phi) is 2.93. The second-order valence-corrected chi connectivity index (χ2v) is 5.33. The number of carboxylic acid groups (broad SMARTS) is 2. The van der Waals surface area contributed by atoms with E-state index in [1.165, 1.54) is 0 Å². The molecule has 1 aliphatic rings. The molecule has 3 aromatic rings. The lowest BCUT2D eigenvalue weighted by molar-refractivity contribution is 0.0651. The summed E-state index contributed by atoms with van der Waals surface area (Å²) in [6.45, 7) is 0. The summed E-state index contributed by atoms with van der Waals surface area (Å²) in [6.07, 6.45) is 0. The van der Waals surface area contributed by atoms with Crippen LogP contribution in [-0.2, 0) is 0 Å². The van der Waals surface area contributed by atoms with Gasteiger partial charge in [0.1, 0.15) is 5.56 Å². The second kappa shape index (κ2) is 4.99. The van der Waals surface area contributed by atoms with E-state index >= 15 is 0 Å². The van der Waals surface area contributed by atoms with Gasteiger partial charge in [-0.2, -0.15) is 0 Å². The van der Waals surface area contributed by atoms with Gasteiger partial charge in [0.15, 0.2) is 11.5 Å². The van der Waals surface area contributed by atoms with Gasteiger partial charge < -0.3 is 20.3 Å². The molecule has 0 aliphatic carbocycles. The molecule has 118 valence electrons. The van der Waals surface area contributed by atoms with Crippen LogP contribution < -0.4 is 10.1 Å². The zero-order valence-corrected chi connectivity index (χ0v) is 12.2. The van der Waals surface area contributed by atoms with Crippen molar-refractivity contribution in [1.29, 1.82) is 0 Å². The Labute approximate surface area is 135 Å². The van der Waals surface area contributed by atoms with Crippen molar-refractivity contribution in [2.75, 3.05) is 5.32 Å². The van der Waals surface area contributed by atoms with Crippen LogP contribution in [0.15, 0.2) is 48.5 Å². The molecule has 0 saturated heterocycles. The van der Waals surface area contributed by atoms with Crippen LogP contribution in [0.5, 0.6) is 11.5 Å². The van der Waals surface area contributed by atoms with Gasteiger partial charge in [-0.1, -0.05) is 36.4 Å². The quantitative estimate of drug-likeness (QED) is 0.515. The van der Waals surface area contributed by atoms with Crippen molar-refractivity contribution in [3.63, 3.8) is 0 Å². The Bertz CT molecular complexity index is 1030. The number of fused-ring (bicyclic) bond motifs is 4. The molecule has 6 nitrogen and oxygen atoms in total. The summed E-state index contributed by atoms with van der Waals surface area (Å²) in [5.74, 6) is -2.21. The molecule has 3 aromatic carbocycles. The predicted molar refractivity (Wildman–Crippen MR) is 87.7 cm³/mol. The number of hydrogen-bond acceptors (Lipinski definition) is 4. The molecule has 0 saturated carbocycles. The van der Waals surface area contributed by atoms with Gasteiger partial charge in [0.05, 0.1) is 16.9 Å². The van der Waals surface area contributed by atoms with Gasteiger partial charge in [-0.25, -0.2) is 9.59 Å². The Hall–Kier alpha value is -3.54. The van der Waals surface area contributed by atoms with Crippen molar-refractivity contribution in [2.24, 2.45) is 0 Å². The molecule has 24 heavy (non-hydrogen) atoms. The number of carbonyl (C=O) groups is 2. The van der Waals surface area contributed by atoms with Crippen LogP contribution in [0.1, 0.15) is 20.7 Å². The highest BCUT2D eigenvalue weighted by Gasteiger charge is 2.31. The minimum atomic E-state index is -1.35. The summed E-state index contributed by atoms with van der Waals surface area (Å²) in [6, 6.07) is 13.8. The maximum atomic E-state index is 11.8. The summed E-state index contributed by atoms with van der Waals surface area (Å²) >= 11 is 0. The van der Waals surface area contributed by atoms with E-state index in [0.29, 0.717) is 27.9 Å². The van der Waals surface area contributed by atoms with Crippen molar-refractivity contribution in [1.82, 2.24) is 0 Å². The standard InChI is InChI=1S/C18H11NO5/c20-17(21)13-9-5-1-2-6-10(9)15-16(14(13)18(22)23)24-12-8-4-3-7-11(12)19-15/h1-8,19H,(H,20,21)(H,22,23). The Morgan fingerprint density at radius 2 is 1.46 bits per heavy atom. The van der Waals surface area contributed by atoms with E-state index in [1.54, 1.807) is 42.5 Å². The van der Waals surface area contributed by atoms with E-state index in [-0.39, 0.29) is 16.9 Å². The Morgan fingerprint density at radius 1 is 0.833 bits per heavy atom. The molecule has 6 heteroatoms. The molecule has 0 bridgehead atoms. The topological polar surface area (TPSA) is 95.9 Å². The van der Waals surface area contributed by atoms with Crippen LogP contribution in [0, 0.1) is 0 Å². The second-order valence-electron chi connectivity index (χ2n) is 5.33. The largest absolute Gasteiger partial charge is 0.478 e. The first kappa shape index (κ1) is 14.1. The van der Waals surface area contributed by atoms with E-state index in [2.05, 4.69) is 5.32 Å². The third-order valence-corrected chi connectivity index (χ3v) is 3.96. The summed E-state index contributed by atoms with van der Waals surface area (Å²) in [4.78, 5) is 23.5. The number of ether oxygens (including phenoxy) is 1. The Morgan fingerprint density at radius 3 is 2.17 bits per heavy atom. The van der Waals surface area contributed by atoms with Gasteiger partial charge >= 0.3 is 11.9 Å². The lowest BCUT2D eigenvalue weighted by atomic mass is 9.95. The summed E-state index contributed by atoms with van der Waals surface area (Å²) in [5, 5.41) is 23.3. The van der Waals surface area contributed by atoms with Crippen molar-refractivity contribution in [2.45, 2.75) is 0 Å². The van der Waals surface area contributed by atoms with Gasteiger partial charge in [0.2, 0.25) is 0 Å². The number of anilines is 2. The minimum Gasteiger partial charge on any atom is -0.478 e. The molecule has 4 rings (SSSR count). The van der Waals surface area contributed by atoms with E-state index in [9.17, 15) is 19.8 Å². The van der Waals surface area contributed by atoms with Crippen LogP contribution in [-0.4, -0.2) is 22.2 Å². The van der Waals surface area contributed by atoms with Gasteiger partial charge in [-0.15, -0.1) is 0 Å². The van der Waals surface area contributed by atoms with Crippen molar-refractivity contribution >= 4 is 34.1 Å². The first-order chi connectivity index (χ1) is 11.6. The zero-order valence-electron chi connectivity index (χ0n) is 12.2. The molecular formula is C18H11NO5. The average molecular weight is 321 g/mol. The molecule has 0 aromatic heterocycles. The average Bonchev–Trinajstić information content (AvgIpc) is 2.58.